The number of aryl methyl sites for hydroxylation is 2. The standard InChI is InChI=1S/C22H20BrN7OS/c1-11-6-7-15(26-8-13-5-3-4-12(2)29-13)16(20(23)24)17(11)30-22(31)14-9-32-19-18(14)27-10-28-21(19)25/h3-7,9-10,24,26H,8H2,1-2H3,(H,30,31)(H2,25,27,28). The summed E-state index contributed by atoms with van der Waals surface area (Å²) in [6.07, 6.45) is 1.34. The number of hydrogen-bond donors (Lipinski definition) is 4. The molecule has 32 heavy (non-hydrogen) atoms. The maximum absolute atomic E-state index is 13.1. The van der Waals surface area contributed by atoms with E-state index in [4.69, 9.17) is 11.1 Å². The number of halogens is 1. The van der Waals surface area contributed by atoms with Gasteiger partial charge < -0.3 is 16.4 Å². The lowest BCUT2D eigenvalue weighted by Crippen LogP contribution is -2.16. The van der Waals surface area contributed by atoms with Crippen LogP contribution in [0.4, 0.5) is 17.2 Å². The largest absolute Gasteiger partial charge is 0.382 e. The fourth-order valence-corrected chi connectivity index (χ4v) is 4.65. The van der Waals surface area contributed by atoms with Gasteiger partial charge in [-0.1, -0.05) is 12.1 Å². The van der Waals surface area contributed by atoms with Gasteiger partial charge in [0.15, 0.2) is 0 Å². The van der Waals surface area contributed by atoms with Crippen LogP contribution in [0, 0.1) is 19.3 Å². The van der Waals surface area contributed by atoms with Crippen molar-refractivity contribution in [1.29, 1.82) is 5.41 Å². The molecule has 3 heterocycles. The molecule has 162 valence electrons. The second-order valence-electron chi connectivity index (χ2n) is 7.16. The zero-order valence-electron chi connectivity index (χ0n) is 17.4. The summed E-state index contributed by atoms with van der Waals surface area (Å²) >= 11 is 4.61. The van der Waals surface area contributed by atoms with Crippen LogP contribution in [0.25, 0.3) is 10.2 Å². The minimum absolute atomic E-state index is 0.151. The highest BCUT2D eigenvalue weighted by Gasteiger charge is 2.20. The number of aromatic nitrogens is 3. The van der Waals surface area contributed by atoms with Crippen molar-refractivity contribution in [3.8, 4) is 0 Å². The molecule has 0 aliphatic heterocycles. The quantitative estimate of drug-likeness (QED) is 0.274. The van der Waals surface area contributed by atoms with Gasteiger partial charge in [0.25, 0.3) is 5.91 Å². The van der Waals surface area contributed by atoms with Crippen molar-refractivity contribution >= 4 is 65.2 Å². The lowest BCUT2D eigenvalue weighted by atomic mass is 10.1. The number of hydrogen-bond acceptors (Lipinski definition) is 8. The maximum Gasteiger partial charge on any atom is 0.258 e. The van der Waals surface area contributed by atoms with E-state index in [2.05, 4.69) is 41.5 Å². The number of amides is 1. The number of benzene rings is 1. The molecule has 4 rings (SSSR count). The third-order valence-corrected chi connectivity index (χ3v) is 6.29. The Morgan fingerprint density at radius 1 is 1.22 bits per heavy atom. The lowest BCUT2D eigenvalue weighted by molar-refractivity contribution is 0.102. The van der Waals surface area contributed by atoms with Crippen LogP contribution in [0.2, 0.25) is 0 Å². The number of fused-ring (bicyclic) bond motifs is 1. The van der Waals surface area contributed by atoms with Gasteiger partial charge in [-0.2, -0.15) is 0 Å². The first kappa shape index (κ1) is 21.8. The molecule has 10 heteroatoms. The zero-order chi connectivity index (χ0) is 22.8. The van der Waals surface area contributed by atoms with Crippen LogP contribution in [0.3, 0.4) is 0 Å². The highest BCUT2D eigenvalue weighted by Crippen LogP contribution is 2.33. The number of nitrogens with two attached hydrogens (primary N) is 1. The second-order valence-corrected chi connectivity index (χ2v) is 8.83. The molecule has 4 aromatic rings. The topological polar surface area (TPSA) is 130 Å². The van der Waals surface area contributed by atoms with Gasteiger partial charge in [0.2, 0.25) is 0 Å². The van der Waals surface area contributed by atoms with Gasteiger partial charge in [0.1, 0.15) is 16.8 Å². The summed E-state index contributed by atoms with van der Waals surface area (Å²) < 4.78 is 0.821. The molecule has 1 amide bonds. The van der Waals surface area contributed by atoms with Crippen molar-refractivity contribution in [3.63, 3.8) is 0 Å². The Labute approximate surface area is 197 Å². The zero-order valence-corrected chi connectivity index (χ0v) is 19.8. The molecule has 0 aliphatic carbocycles. The number of carbonyl (C=O) groups is 1. The van der Waals surface area contributed by atoms with Crippen molar-refractivity contribution in [1.82, 2.24) is 15.0 Å². The predicted octanol–water partition coefficient (Wildman–Crippen LogP) is 4.87. The summed E-state index contributed by atoms with van der Waals surface area (Å²) in [5, 5.41) is 16.3. The third-order valence-electron chi connectivity index (χ3n) is 4.90. The molecule has 0 fully saturated rings. The number of carbonyl (C=O) groups excluding carboxylic acids is 1. The SMILES string of the molecule is Cc1cccc(CNc2ccc(C)c(NC(=O)c3csc4c(N)ncnc34)c2C(=N)Br)n1. The van der Waals surface area contributed by atoms with E-state index < -0.39 is 0 Å². The van der Waals surface area contributed by atoms with E-state index in [1.807, 2.05) is 44.2 Å². The second kappa shape index (κ2) is 9.01. The Morgan fingerprint density at radius 3 is 2.78 bits per heavy atom. The van der Waals surface area contributed by atoms with E-state index in [0.29, 0.717) is 45.1 Å². The Bertz CT molecular complexity index is 1350. The van der Waals surface area contributed by atoms with Crippen LogP contribution in [0.5, 0.6) is 0 Å². The first-order chi connectivity index (χ1) is 15.3. The molecule has 1 aromatic carbocycles. The van der Waals surface area contributed by atoms with Crippen LogP contribution >= 0.6 is 27.3 Å². The van der Waals surface area contributed by atoms with Crippen LogP contribution < -0.4 is 16.4 Å². The smallest absolute Gasteiger partial charge is 0.258 e. The van der Waals surface area contributed by atoms with E-state index >= 15 is 0 Å². The molecular weight excluding hydrogens is 490 g/mol. The van der Waals surface area contributed by atoms with Crippen molar-refractivity contribution in [2.75, 3.05) is 16.4 Å². The van der Waals surface area contributed by atoms with Crippen molar-refractivity contribution < 1.29 is 4.79 Å². The van der Waals surface area contributed by atoms with Crippen molar-refractivity contribution in [3.05, 3.63) is 70.1 Å². The van der Waals surface area contributed by atoms with Gasteiger partial charge in [-0.3, -0.25) is 15.2 Å². The molecule has 0 spiro atoms. The minimum atomic E-state index is -0.329. The van der Waals surface area contributed by atoms with E-state index in [1.54, 1.807) is 5.38 Å². The summed E-state index contributed by atoms with van der Waals surface area (Å²) in [5.74, 6) is 0.0130. The van der Waals surface area contributed by atoms with Crippen LogP contribution in [-0.2, 0) is 6.54 Å². The predicted molar refractivity (Wildman–Crippen MR) is 133 cm³/mol. The monoisotopic (exact) mass is 509 g/mol. The molecule has 0 saturated heterocycles. The Balaban J connectivity index is 1.67. The molecule has 0 unspecified atom stereocenters. The van der Waals surface area contributed by atoms with Gasteiger partial charge in [0, 0.05) is 16.8 Å². The Hall–Kier alpha value is -3.37. The van der Waals surface area contributed by atoms with E-state index in [1.165, 1.54) is 17.7 Å². The molecule has 0 aliphatic rings. The average molecular weight is 510 g/mol. The van der Waals surface area contributed by atoms with E-state index in [-0.39, 0.29) is 10.5 Å². The number of thiophene rings is 1. The fourth-order valence-electron chi connectivity index (χ4n) is 3.34. The maximum atomic E-state index is 13.1. The Kier molecular flexibility index (Phi) is 6.15. The summed E-state index contributed by atoms with van der Waals surface area (Å²) in [6, 6.07) is 9.61. The van der Waals surface area contributed by atoms with Gasteiger partial charge >= 0.3 is 0 Å². The summed E-state index contributed by atoms with van der Waals surface area (Å²) in [7, 11) is 0. The molecule has 0 atom stereocenters. The minimum Gasteiger partial charge on any atom is -0.382 e. The third kappa shape index (κ3) is 4.32. The molecule has 0 radical (unpaired) electrons. The number of nitrogens with one attached hydrogen (secondary N) is 3. The molecule has 5 N–H and O–H groups in total. The average Bonchev–Trinajstić information content (AvgIpc) is 3.19. The van der Waals surface area contributed by atoms with Gasteiger partial charge in [0.05, 0.1) is 39.3 Å². The first-order valence-electron chi connectivity index (χ1n) is 9.68. The molecule has 0 bridgehead atoms. The molecule has 0 saturated carbocycles. The molecular formula is C22H20BrN7OS. The first-order valence-corrected chi connectivity index (χ1v) is 11.4. The highest BCUT2D eigenvalue weighted by molar-refractivity contribution is 9.18. The molecule has 8 nitrogen and oxygen atoms in total. The highest BCUT2D eigenvalue weighted by atomic mass is 79.9. The van der Waals surface area contributed by atoms with E-state index in [9.17, 15) is 4.79 Å². The number of nitrogen functional groups attached to an aromatic ring is 1. The lowest BCUT2D eigenvalue weighted by Gasteiger charge is -2.18. The van der Waals surface area contributed by atoms with E-state index in [0.717, 1.165) is 17.0 Å². The fraction of sp³-hybridized carbons (Fsp3) is 0.136. The number of pyridine rings is 1. The number of rotatable bonds is 6. The van der Waals surface area contributed by atoms with Crippen LogP contribution in [-0.4, -0.2) is 25.5 Å². The number of nitrogens with zero attached hydrogens (tertiary/aromatic N) is 3. The van der Waals surface area contributed by atoms with Gasteiger partial charge in [-0.05, 0) is 53.5 Å². The van der Waals surface area contributed by atoms with Crippen molar-refractivity contribution in [2.45, 2.75) is 20.4 Å². The number of anilines is 3. The normalized spacial score (nSPS) is 10.8. The van der Waals surface area contributed by atoms with Crippen LogP contribution in [0.1, 0.15) is 32.9 Å². The summed E-state index contributed by atoms with van der Waals surface area (Å²) in [5.41, 5.74) is 11.3. The summed E-state index contributed by atoms with van der Waals surface area (Å²) in [4.78, 5) is 25.8. The Morgan fingerprint density at radius 2 is 2.03 bits per heavy atom. The van der Waals surface area contributed by atoms with Gasteiger partial charge in [-0.25, -0.2) is 9.97 Å². The van der Waals surface area contributed by atoms with Crippen LogP contribution in [0.15, 0.2) is 42.0 Å². The summed E-state index contributed by atoms with van der Waals surface area (Å²) in [6.45, 7) is 4.30. The molecule has 3 aromatic heterocycles. The van der Waals surface area contributed by atoms with Gasteiger partial charge in [-0.15, -0.1) is 11.3 Å². The van der Waals surface area contributed by atoms with Crippen molar-refractivity contribution in [2.24, 2.45) is 0 Å².